The summed E-state index contributed by atoms with van der Waals surface area (Å²) in [5.41, 5.74) is 7.46. The molecule has 1 aliphatic rings. The molecule has 3 amide bonds. The molecule has 1 aliphatic heterocycles. The van der Waals surface area contributed by atoms with E-state index < -0.39 is 5.92 Å². The summed E-state index contributed by atoms with van der Waals surface area (Å²) in [5, 5.41) is 2.87. The van der Waals surface area contributed by atoms with Gasteiger partial charge in [-0.05, 0) is 87.5 Å². The molecule has 0 saturated carbocycles. The summed E-state index contributed by atoms with van der Waals surface area (Å²) in [7, 11) is 0. The SMILES string of the molecule is Cc1ccc(Oc2ccc(N3C[C@@H](C(=O)Nc4cccc(C(=O)Nn5c(C)ccc5C)c4)CC3=O)cc2)cc1. The van der Waals surface area contributed by atoms with E-state index in [4.69, 9.17) is 4.74 Å². The Morgan fingerprint density at radius 3 is 2.15 bits per heavy atom. The molecule has 198 valence electrons. The van der Waals surface area contributed by atoms with Crippen molar-refractivity contribution in [2.45, 2.75) is 27.2 Å². The molecule has 0 radical (unpaired) electrons. The first-order chi connectivity index (χ1) is 18.8. The standard InChI is InChI=1S/C31H30N4O4/c1-20-7-13-27(14-8-20)39-28-15-11-26(12-16-28)34-19-24(18-29(34)36)30(37)32-25-6-4-5-23(17-25)31(38)33-35-21(2)9-10-22(35)3/h4-17,24H,18-19H2,1-3H3,(H,32,37)(H,33,38)/t24-/m0/s1. The molecule has 0 bridgehead atoms. The minimum Gasteiger partial charge on any atom is -0.457 e. The predicted molar refractivity (Wildman–Crippen MR) is 151 cm³/mol. The van der Waals surface area contributed by atoms with Crippen molar-refractivity contribution >= 4 is 29.1 Å². The molecule has 0 aliphatic carbocycles. The first kappa shape index (κ1) is 25.8. The van der Waals surface area contributed by atoms with E-state index in [0.29, 0.717) is 22.7 Å². The molecule has 1 saturated heterocycles. The molecular formula is C31H30N4O4. The smallest absolute Gasteiger partial charge is 0.270 e. The Morgan fingerprint density at radius 2 is 1.49 bits per heavy atom. The lowest BCUT2D eigenvalue weighted by atomic mass is 10.1. The molecule has 2 N–H and O–H groups in total. The van der Waals surface area contributed by atoms with E-state index in [-0.39, 0.29) is 30.7 Å². The van der Waals surface area contributed by atoms with E-state index in [1.54, 1.807) is 33.8 Å². The maximum Gasteiger partial charge on any atom is 0.270 e. The van der Waals surface area contributed by atoms with Crippen LogP contribution in [0.3, 0.4) is 0 Å². The Hall–Kier alpha value is -4.85. The van der Waals surface area contributed by atoms with E-state index >= 15 is 0 Å². The summed E-state index contributed by atoms with van der Waals surface area (Å²) in [6.07, 6.45) is 0.111. The number of ether oxygens (including phenoxy) is 1. The highest BCUT2D eigenvalue weighted by atomic mass is 16.5. The van der Waals surface area contributed by atoms with Gasteiger partial charge in [-0.2, -0.15) is 0 Å². The lowest BCUT2D eigenvalue weighted by Crippen LogP contribution is -2.28. The largest absolute Gasteiger partial charge is 0.457 e. The average molecular weight is 523 g/mol. The van der Waals surface area contributed by atoms with Gasteiger partial charge in [0.2, 0.25) is 11.8 Å². The topological polar surface area (TPSA) is 92.7 Å². The molecular weight excluding hydrogens is 492 g/mol. The fourth-order valence-corrected chi connectivity index (χ4v) is 4.56. The van der Waals surface area contributed by atoms with Gasteiger partial charge in [-0.1, -0.05) is 23.8 Å². The molecule has 1 fully saturated rings. The number of carbonyl (C=O) groups is 3. The number of carbonyl (C=O) groups excluding carboxylic acids is 3. The van der Waals surface area contributed by atoms with E-state index in [2.05, 4.69) is 10.7 Å². The third-order valence-electron chi connectivity index (χ3n) is 6.78. The van der Waals surface area contributed by atoms with Crippen LogP contribution in [0.4, 0.5) is 11.4 Å². The van der Waals surface area contributed by atoms with Gasteiger partial charge in [-0.3, -0.25) is 24.5 Å². The fourth-order valence-electron chi connectivity index (χ4n) is 4.56. The van der Waals surface area contributed by atoms with Gasteiger partial charge in [0.05, 0.1) is 5.92 Å². The molecule has 0 unspecified atom stereocenters. The van der Waals surface area contributed by atoms with Gasteiger partial charge in [-0.15, -0.1) is 0 Å². The van der Waals surface area contributed by atoms with Crippen LogP contribution in [-0.2, 0) is 9.59 Å². The van der Waals surface area contributed by atoms with E-state index in [1.165, 1.54) is 0 Å². The molecule has 1 aromatic heterocycles. The predicted octanol–water partition coefficient (Wildman–Crippen LogP) is 5.58. The zero-order valence-electron chi connectivity index (χ0n) is 22.1. The number of nitrogens with zero attached hydrogens (tertiary/aromatic N) is 2. The van der Waals surface area contributed by atoms with Gasteiger partial charge >= 0.3 is 0 Å². The van der Waals surface area contributed by atoms with Crippen LogP contribution in [0.15, 0.2) is 84.9 Å². The summed E-state index contributed by atoms with van der Waals surface area (Å²) in [6.45, 7) is 6.10. The summed E-state index contributed by atoms with van der Waals surface area (Å²) in [5.74, 6) is 0.218. The second-order valence-corrected chi connectivity index (χ2v) is 9.78. The van der Waals surface area contributed by atoms with Gasteiger partial charge in [0.1, 0.15) is 11.5 Å². The molecule has 8 nitrogen and oxygen atoms in total. The van der Waals surface area contributed by atoms with Crippen LogP contribution in [0.25, 0.3) is 0 Å². The number of aromatic nitrogens is 1. The molecule has 3 aromatic carbocycles. The summed E-state index contributed by atoms with van der Waals surface area (Å²) in [6, 6.07) is 25.6. The second-order valence-electron chi connectivity index (χ2n) is 9.78. The summed E-state index contributed by atoms with van der Waals surface area (Å²) >= 11 is 0. The highest BCUT2D eigenvalue weighted by molar-refractivity contribution is 6.05. The van der Waals surface area contributed by atoms with Crippen LogP contribution in [0.1, 0.15) is 33.7 Å². The molecule has 0 spiro atoms. The van der Waals surface area contributed by atoms with Crippen molar-refractivity contribution in [1.29, 1.82) is 0 Å². The van der Waals surface area contributed by atoms with Crippen molar-refractivity contribution in [3.8, 4) is 11.5 Å². The van der Waals surface area contributed by atoms with Crippen molar-refractivity contribution in [2.24, 2.45) is 5.92 Å². The number of benzene rings is 3. The van der Waals surface area contributed by atoms with Crippen molar-refractivity contribution in [2.75, 3.05) is 22.2 Å². The van der Waals surface area contributed by atoms with E-state index in [9.17, 15) is 14.4 Å². The number of aryl methyl sites for hydroxylation is 3. The van der Waals surface area contributed by atoms with Gasteiger partial charge in [0.25, 0.3) is 5.91 Å². The van der Waals surface area contributed by atoms with E-state index in [0.717, 1.165) is 22.7 Å². The maximum absolute atomic E-state index is 13.0. The highest BCUT2D eigenvalue weighted by Gasteiger charge is 2.35. The first-order valence-electron chi connectivity index (χ1n) is 12.8. The summed E-state index contributed by atoms with van der Waals surface area (Å²) < 4.78 is 7.59. The Morgan fingerprint density at radius 1 is 0.846 bits per heavy atom. The van der Waals surface area contributed by atoms with Crippen molar-refractivity contribution in [3.63, 3.8) is 0 Å². The van der Waals surface area contributed by atoms with Crippen molar-refractivity contribution in [1.82, 2.24) is 4.68 Å². The Balaban J connectivity index is 1.20. The Kier molecular flexibility index (Phi) is 7.19. The lowest BCUT2D eigenvalue weighted by Gasteiger charge is -2.17. The zero-order valence-corrected chi connectivity index (χ0v) is 22.1. The number of anilines is 2. The Labute approximate surface area is 227 Å². The molecule has 2 heterocycles. The number of hydrogen-bond donors (Lipinski definition) is 2. The number of nitrogens with one attached hydrogen (secondary N) is 2. The molecule has 39 heavy (non-hydrogen) atoms. The second kappa shape index (κ2) is 10.9. The van der Waals surface area contributed by atoms with Crippen LogP contribution in [-0.4, -0.2) is 28.9 Å². The normalized spacial score (nSPS) is 14.8. The number of rotatable bonds is 7. The third-order valence-corrected chi connectivity index (χ3v) is 6.78. The first-order valence-corrected chi connectivity index (χ1v) is 12.8. The zero-order chi connectivity index (χ0) is 27.5. The van der Waals surface area contributed by atoms with Crippen LogP contribution in [0.5, 0.6) is 11.5 Å². The maximum atomic E-state index is 13.0. The monoisotopic (exact) mass is 522 g/mol. The van der Waals surface area contributed by atoms with Crippen molar-refractivity contribution in [3.05, 3.63) is 107 Å². The van der Waals surface area contributed by atoms with Crippen molar-refractivity contribution < 1.29 is 19.1 Å². The quantitative estimate of drug-likeness (QED) is 0.331. The van der Waals surface area contributed by atoms with Crippen LogP contribution in [0, 0.1) is 26.7 Å². The lowest BCUT2D eigenvalue weighted by molar-refractivity contribution is -0.122. The van der Waals surface area contributed by atoms with E-state index in [1.807, 2.05) is 81.4 Å². The van der Waals surface area contributed by atoms with Crippen LogP contribution in [0.2, 0.25) is 0 Å². The number of hydrogen-bond acceptors (Lipinski definition) is 4. The Bertz CT molecular complexity index is 1500. The van der Waals surface area contributed by atoms with Gasteiger partial charge in [-0.25, -0.2) is 0 Å². The van der Waals surface area contributed by atoms with Gasteiger partial charge < -0.3 is 15.0 Å². The van der Waals surface area contributed by atoms with Crippen LogP contribution >= 0.6 is 0 Å². The molecule has 1 atom stereocenters. The van der Waals surface area contributed by atoms with Gasteiger partial charge in [0.15, 0.2) is 0 Å². The molecule has 5 rings (SSSR count). The molecule has 8 heteroatoms. The van der Waals surface area contributed by atoms with Gasteiger partial charge in [0, 0.05) is 41.3 Å². The number of amides is 3. The highest BCUT2D eigenvalue weighted by Crippen LogP contribution is 2.29. The summed E-state index contributed by atoms with van der Waals surface area (Å²) in [4.78, 5) is 40.2. The fraction of sp³-hybridized carbons (Fsp3) is 0.194. The average Bonchev–Trinajstić information content (AvgIpc) is 3.47. The third kappa shape index (κ3) is 5.85. The minimum absolute atomic E-state index is 0.111. The van der Waals surface area contributed by atoms with Crippen LogP contribution < -0.4 is 20.4 Å². The minimum atomic E-state index is -0.511. The molecule has 4 aromatic rings.